The molecule has 0 aliphatic heterocycles. The van der Waals surface area contributed by atoms with Crippen LogP contribution < -0.4 is 11.1 Å². The van der Waals surface area contributed by atoms with Gasteiger partial charge in [0.1, 0.15) is 0 Å². The first-order valence-electron chi connectivity index (χ1n) is 8.31. The number of nitrogens with two attached hydrogens (primary N) is 1. The Balaban J connectivity index is 1.88. The van der Waals surface area contributed by atoms with E-state index >= 15 is 0 Å². The van der Waals surface area contributed by atoms with Gasteiger partial charge in [0.2, 0.25) is 11.9 Å². The predicted octanol–water partition coefficient (Wildman–Crippen LogP) is 1.25. The Morgan fingerprint density at radius 3 is 2.50 bits per heavy atom. The lowest BCUT2D eigenvalue weighted by molar-refractivity contribution is -0.116. The van der Waals surface area contributed by atoms with E-state index in [4.69, 9.17) is 5.73 Å². The Kier molecular flexibility index (Phi) is 4.19. The molecule has 10 heteroatoms. The number of amides is 1. The number of para-hydroxylation sites is 1. The van der Waals surface area contributed by atoms with Crippen LogP contribution in [0.5, 0.6) is 0 Å². The molecule has 0 saturated carbocycles. The van der Waals surface area contributed by atoms with Crippen molar-refractivity contribution < 1.29 is 13.2 Å². The highest BCUT2D eigenvalue weighted by atomic mass is 32.2. The molecule has 0 atom stereocenters. The molecule has 0 unspecified atom stereocenters. The normalized spacial score (nSPS) is 11.8. The third kappa shape index (κ3) is 3.25. The molecule has 1 amide bonds. The first-order valence-corrected chi connectivity index (χ1v) is 10.2. The van der Waals surface area contributed by atoms with Crippen molar-refractivity contribution in [2.75, 3.05) is 18.1 Å². The van der Waals surface area contributed by atoms with Crippen LogP contribution in [0.2, 0.25) is 0 Å². The summed E-state index contributed by atoms with van der Waals surface area (Å²) >= 11 is 0. The number of carbonyl (C=O) groups excluding carboxylic acids is 1. The number of sulfone groups is 1. The molecule has 0 radical (unpaired) electrons. The number of hydrogen-bond acceptors (Lipinski definition) is 7. The molecular formula is C18H16N6O3S. The molecule has 0 bridgehead atoms. The van der Waals surface area contributed by atoms with Crippen molar-refractivity contribution in [2.45, 2.75) is 4.90 Å². The molecule has 0 aliphatic rings. The van der Waals surface area contributed by atoms with Crippen molar-refractivity contribution in [1.29, 1.82) is 0 Å². The number of rotatable bonds is 5. The lowest BCUT2D eigenvalue weighted by Gasteiger charge is -2.07. The molecule has 28 heavy (non-hydrogen) atoms. The zero-order valence-corrected chi connectivity index (χ0v) is 15.6. The van der Waals surface area contributed by atoms with E-state index in [0.29, 0.717) is 28.5 Å². The largest absolute Gasteiger partial charge is 0.368 e. The molecule has 4 rings (SSSR count). The van der Waals surface area contributed by atoms with E-state index in [-0.39, 0.29) is 11.4 Å². The molecule has 3 N–H and O–H groups in total. The van der Waals surface area contributed by atoms with Crippen LogP contribution in [0, 0.1) is 0 Å². The second-order valence-corrected chi connectivity index (χ2v) is 8.26. The zero-order chi connectivity index (χ0) is 19.9. The number of aromatic nitrogens is 4. The topological polar surface area (TPSA) is 132 Å². The Bertz CT molecular complexity index is 1310. The van der Waals surface area contributed by atoms with Crippen molar-refractivity contribution in [3.63, 3.8) is 0 Å². The van der Waals surface area contributed by atoms with Crippen molar-refractivity contribution in [2.24, 2.45) is 5.73 Å². The summed E-state index contributed by atoms with van der Waals surface area (Å²) in [6.07, 6.45) is 1.15. The molecular weight excluding hydrogens is 380 g/mol. The van der Waals surface area contributed by atoms with Gasteiger partial charge in [-0.1, -0.05) is 12.1 Å². The van der Waals surface area contributed by atoms with Gasteiger partial charge in [-0.05, 0) is 36.4 Å². The van der Waals surface area contributed by atoms with E-state index < -0.39 is 15.7 Å². The van der Waals surface area contributed by atoms with Crippen LogP contribution >= 0.6 is 0 Å². The number of nitrogens with zero attached hydrogens (tertiary/aromatic N) is 4. The van der Waals surface area contributed by atoms with Gasteiger partial charge in [-0.3, -0.25) is 4.79 Å². The highest BCUT2D eigenvalue weighted by Crippen LogP contribution is 2.24. The average molecular weight is 396 g/mol. The van der Waals surface area contributed by atoms with Gasteiger partial charge >= 0.3 is 0 Å². The first kappa shape index (κ1) is 17.9. The molecule has 2 aromatic heterocycles. The molecule has 142 valence electrons. The minimum Gasteiger partial charge on any atom is -0.368 e. The summed E-state index contributed by atoms with van der Waals surface area (Å²) in [6.45, 7) is -0.0985. The van der Waals surface area contributed by atoms with Crippen molar-refractivity contribution in [3.8, 4) is 11.4 Å². The Morgan fingerprint density at radius 2 is 1.82 bits per heavy atom. The maximum Gasteiger partial charge on any atom is 0.236 e. The molecule has 9 nitrogen and oxygen atoms in total. The minimum atomic E-state index is -3.29. The Hall–Kier alpha value is -3.53. The lowest BCUT2D eigenvalue weighted by Crippen LogP contribution is -2.23. The van der Waals surface area contributed by atoms with Crippen LogP contribution in [-0.4, -0.2) is 46.7 Å². The number of hydrogen-bond donors (Lipinski definition) is 2. The van der Waals surface area contributed by atoms with Crippen molar-refractivity contribution in [3.05, 3.63) is 48.5 Å². The van der Waals surface area contributed by atoms with Crippen LogP contribution in [0.25, 0.3) is 27.9 Å². The van der Waals surface area contributed by atoms with E-state index in [2.05, 4.69) is 20.4 Å². The molecule has 0 spiro atoms. The van der Waals surface area contributed by atoms with Crippen LogP contribution in [-0.2, 0) is 14.6 Å². The maximum absolute atomic E-state index is 11.6. The zero-order valence-electron chi connectivity index (χ0n) is 14.8. The fraction of sp³-hybridized carbons (Fsp3) is 0.111. The minimum absolute atomic E-state index is 0.0985. The van der Waals surface area contributed by atoms with Gasteiger partial charge in [0.05, 0.1) is 17.0 Å². The highest BCUT2D eigenvalue weighted by molar-refractivity contribution is 7.90. The quantitative estimate of drug-likeness (QED) is 0.519. The number of primary amides is 1. The fourth-order valence-electron chi connectivity index (χ4n) is 2.81. The Labute approximate surface area is 160 Å². The van der Waals surface area contributed by atoms with E-state index in [1.165, 1.54) is 16.6 Å². The van der Waals surface area contributed by atoms with E-state index in [1.54, 1.807) is 12.1 Å². The smallest absolute Gasteiger partial charge is 0.236 e. The SMILES string of the molecule is CS(=O)(=O)c1ccc(-c2nc3c4ccccc4nc(NCC(N)=O)n3n2)cc1. The van der Waals surface area contributed by atoms with Gasteiger partial charge in [-0.15, -0.1) is 5.10 Å². The monoisotopic (exact) mass is 396 g/mol. The second-order valence-electron chi connectivity index (χ2n) is 6.24. The van der Waals surface area contributed by atoms with Gasteiger partial charge in [-0.25, -0.2) is 18.4 Å². The number of nitrogens with one attached hydrogen (secondary N) is 1. The second kappa shape index (κ2) is 6.57. The third-order valence-corrected chi connectivity index (χ3v) is 5.27. The van der Waals surface area contributed by atoms with Crippen LogP contribution in [0.3, 0.4) is 0 Å². The first-order chi connectivity index (χ1) is 13.3. The van der Waals surface area contributed by atoms with E-state index in [1.807, 2.05) is 24.3 Å². The summed E-state index contributed by atoms with van der Waals surface area (Å²) in [4.78, 5) is 20.5. The summed E-state index contributed by atoms with van der Waals surface area (Å²) in [5.74, 6) is 0.208. The van der Waals surface area contributed by atoms with Gasteiger partial charge < -0.3 is 11.1 Å². The van der Waals surface area contributed by atoms with E-state index in [0.717, 1.165) is 11.6 Å². The summed E-state index contributed by atoms with van der Waals surface area (Å²) in [5, 5.41) is 8.14. The van der Waals surface area contributed by atoms with Gasteiger partial charge in [0.25, 0.3) is 0 Å². The summed E-state index contributed by atoms with van der Waals surface area (Å²) in [7, 11) is -3.29. The Morgan fingerprint density at radius 1 is 1.11 bits per heavy atom. The number of fused-ring (bicyclic) bond motifs is 3. The van der Waals surface area contributed by atoms with Gasteiger partial charge in [0, 0.05) is 17.2 Å². The van der Waals surface area contributed by atoms with Gasteiger partial charge in [0.15, 0.2) is 21.3 Å². The molecule has 0 aliphatic carbocycles. The summed E-state index contributed by atoms with van der Waals surface area (Å²) < 4.78 is 24.8. The summed E-state index contributed by atoms with van der Waals surface area (Å²) in [6, 6.07) is 13.8. The van der Waals surface area contributed by atoms with Crippen LogP contribution in [0.15, 0.2) is 53.4 Å². The van der Waals surface area contributed by atoms with Crippen LogP contribution in [0.1, 0.15) is 0 Å². The molecule has 0 saturated heterocycles. The number of benzene rings is 2. The lowest BCUT2D eigenvalue weighted by atomic mass is 10.2. The molecule has 2 aromatic carbocycles. The van der Waals surface area contributed by atoms with Crippen molar-refractivity contribution >= 4 is 38.2 Å². The number of anilines is 1. The summed E-state index contributed by atoms with van der Waals surface area (Å²) in [5.41, 5.74) is 7.12. The van der Waals surface area contributed by atoms with Gasteiger partial charge in [-0.2, -0.15) is 4.52 Å². The third-order valence-electron chi connectivity index (χ3n) is 4.14. The maximum atomic E-state index is 11.6. The highest BCUT2D eigenvalue weighted by Gasteiger charge is 2.15. The molecule has 4 aromatic rings. The molecule has 2 heterocycles. The van der Waals surface area contributed by atoms with Crippen LogP contribution in [0.4, 0.5) is 5.95 Å². The predicted molar refractivity (Wildman–Crippen MR) is 105 cm³/mol. The fourth-order valence-corrected chi connectivity index (χ4v) is 3.44. The van der Waals surface area contributed by atoms with E-state index in [9.17, 15) is 13.2 Å². The number of carbonyl (C=O) groups is 1. The average Bonchev–Trinajstić information content (AvgIpc) is 3.11. The standard InChI is InChI=1S/C18H16N6O3S/c1-28(26,27)12-8-6-11(7-9-12)16-22-17-13-4-2-3-5-14(13)21-18(24(17)23-16)20-10-15(19)25/h2-9H,10H2,1H3,(H2,19,25)(H,20,21). The molecule has 0 fully saturated rings. The van der Waals surface area contributed by atoms with Crippen molar-refractivity contribution in [1.82, 2.24) is 19.6 Å².